The van der Waals surface area contributed by atoms with E-state index in [4.69, 9.17) is 0 Å². The minimum atomic E-state index is 0.0197. The Kier molecular flexibility index (Phi) is 3.94. The summed E-state index contributed by atoms with van der Waals surface area (Å²) >= 11 is 1.46. The van der Waals surface area contributed by atoms with Gasteiger partial charge in [0.25, 0.3) is 5.91 Å². The molecule has 0 aliphatic heterocycles. The molecule has 0 saturated heterocycles. The van der Waals surface area contributed by atoms with E-state index >= 15 is 0 Å². The van der Waals surface area contributed by atoms with Crippen LogP contribution in [0.4, 0.5) is 0 Å². The number of nitrogens with one attached hydrogen (secondary N) is 1. The number of ketones is 1. The normalized spacial score (nSPS) is 24.3. The van der Waals surface area contributed by atoms with Gasteiger partial charge in [-0.25, -0.2) is 0 Å². The second-order valence-corrected chi connectivity index (χ2v) is 5.56. The first kappa shape index (κ1) is 12.3. The van der Waals surface area contributed by atoms with Crippen molar-refractivity contribution in [3.05, 3.63) is 22.4 Å². The lowest BCUT2D eigenvalue weighted by Gasteiger charge is -2.27. The van der Waals surface area contributed by atoms with Gasteiger partial charge in [-0.05, 0) is 44.1 Å². The summed E-state index contributed by atoms with van der Waals surface area (Å²) < 4.78 is 0. The summed E-state index contributed by atoms with van der Waals surface area (Å²) in [5.74, 6) is 0.518. The zero-order valence-electron chi connectivity index (χ0n) is 9.94. The van der Waals surface area contributed by atoms with Gasteiger partial charge in [-0.3, -0.25) is 9.59 Å². The van der Waals surface area contributed by atoms with Crippen LogP contribution in [0.1, 0.15) is 42.3 Å². The van der Waals surface area contributed by atoms with Gasteiger partial charge in [0.1, 0.15) is 5.78 Å². The van der Waals surface area contributed by atoms with E-state index in [1.54, 1.807) is 6.92 Å². The molecule has 4 heteroatoms. The summed E-state index contributed by atoms with van der Waals surface area (Å²) in [6.45, 7) is 1.66. The average Bonchev–Trinajstić information content (AvgIpc) is 2.83. The van der Waals surface area contributed by atoms with E-state index in [2.05, 4.69) is 5.32 Å². The lowest BCUT2D eigenvalue weighted by atomic mass is 9.84. The lowest BCUT2D eigenvalue weighted by Crippen LogP contribution is -2.38. The molecule has 1 aromatic heterocycles. The summed E-state index contributed by atoms with van der Waals surface area (Å²) in [6.07, 6.45) is 3.65. The zero-order chi connectivity index (χ0) is 12.3. The van der Waals surface area contributed by atoms with Crippen LogP contribution in [0, 0.1) is 5.92 Å². The van der Waals surface area contributed by atoms with Gasteiger partial charge in [0.05, 0.1) is 4.88 Å². The SMILES string of the molecule is CC(=O)C1CCC(NC(=O)c2cccs2)CC1. The molecule has 1 aliphatic carbocycles. The van der Waals surface area contributed by atoms with Crippen molar-refractivity contribution >= 4 is 23.0 Å². The van der Waals surface area contributed by atoms with Crippen molar-refractivity contribution in [2.75, 3.05) is 0 Å². The Balaban J connectivity index is 1.82. The molecule has 0 spiro atoms. The van der Waals surface area contributed by atoms with E-state index in [1.807, 2.05) is 17.5 Å². The highest BCUT2D eigenvalue weighted by atomic mass is 32.1. The summed E-state index contributed by atoms with van der Waals surface area (Å²) in [7, 11) is 0. The van der Waals surface area contributed by atoms with Gasteiger partial charge in [-0.2, -0.15) is 0 Å². The topological polar surface area (TPSA) is 46.2 Å². The van der Waals surface area contributed by atoms with E-state index in [-0.39, 0.29) is 23.7 Å². The van der Waals surface area contributed by atoms with E-state index in [0.29, 0.717) is 0 Å². The van der Waals surface area contributed by atoms with Gasteiger partial charge in [0, 0.05) is 12.0 Å². The first-order chi connectivity index (χ1) is 8.16. The minimum absolute atomic E-state index is 0.0197. The fourth-order valence-corrected chi connectivity index (χ4v) is 2.94. The van der Waals surface area contributed by atoms with Gasteiger partial charge in [-0.1, -0.05) is 6.07 Å². The predicted molar refractivity (Wildman–Crippen MR) is 68.2 cm³/mol. The van der Waals surface area contributed by atoms with Crippen LogP contribution in [0.25, 0.3) is 0 Å². The third kappa shape index (κ3) is 3.16. The van der Waals surface area contributed by atoms with Gasteiger partial charge in [0.15, 0.2) is 0 Å². The number of rotatable bonds is 3. The number of thiophene rings is 1. The van der Waals surface area contributed by atoms with E-state index in [1.165, 1.54) is 11.3 Å². The maximum atomic E-state index is 11.8. The van der Waals surface area contributed by atoms with Crippen molar-refractivity contribution in [3.8, 4) is 0 Å². The molecule has 1 amide bonds. The second-order valence-electron chi connectivity index (χ2n) is 4.61. The molecule has 0 radical (unpaired) electrons. The smallest absolute Gasteiger partial charge is 0.261 e. The number of amides is 1. The van der Waals surface area contributed by atoms with Crippen LogP contribution >= 0.6 is 11.3 Å². The van der Waals surface area contributed by atoms with Gasteiger partial charge >= 0.3 is 0 Å². The standard InChI is InChI=1S/C13H17NO2S/c1-9(15)10-4-6-11(7-5-10)14-13(16)12-3-2-8-17-12/h2-3,8,10-11H,4-7H2,1H3,(H,14,16). The minimum Gasteiger partial charge on any atom is -0.349 e. The molecule has 0 aromatic carbocycles. The fourth-order valence-electron chi connectivity index (χ4n) is 2.31. The van der Waals surface area contributed by atoms with E-state index in [0.717, 1.165) is 30.6 Å². The van der Waals surface area contributed by atoms with E-state index < -0.39 is 0 Å². The fraction of sp³-hybridized carbons (Fsp3) is 0.538. The Morgan fingerprint density at radius 1 is 1.29 bits per heavy atom. The van der Waals surface area contributed by atoms with Crippen LogP contribution in [-0.4, -0.2) is 17.7 Å². The Bertz CT molecular complexity index is 392. The largest absolute Gasteiger partial charge is 0.349 e. The van der Waals surface area contributed by atoms with Crippen molar-refractivity contribution in [2.24, 2.45) is 5.92 Å². The summed E-state index contributed by atoms with van der Waals surface area (Å²) in [6, 6.07) is 3.95. The molecule has 3 nitrogen and oxygen atoms in total. The number of hydrogen-bond acceptors (Lipinski definition) is 3. The molecule has 1 heterocycles. The molecule has 0 bridgehead atoms. The van der Waals surface area contributed by atoms with Crippen LogP contribution < -0.4 is 5.32 Å². The Morgan fingerprint density at radius 2 is 2.00 bits per heavy atom. The second kappa shape index (κ2) is 5.45. The highest BCUT2D eigenvalue weighted by Crippen LogP contribution is 2.25. The van der Waals surface area contributed by atoms with Gasteiger partial charge in [-0.15, -0.1) is 11.3 Å². The van der Waals surface area contributed by atoms with Gasteiger partial charge < -0.3 is 5.32 Å². The summed E-state index contributed by atoms with van der Waals surface area (Å²) in [4.78, 5) is 23.8. The maximum Gasteiger partial charge on any atom is 0.261 e. The molecule has 2 rings (SSSR count). The Morgan fingerprint density at radius 3 is 2.53 bits per heavy atom. The van der Waals surface area contributed by atoms with E-state index in [9.17, 15) is 9.59 Å². The highest BCUT2D eigenvalue weighted by Gasteiger charge is 2.25. The van der Waals surface area contributed by atoms with Crippen LogP contribution in [0.3, 0.4) is 0 Å². The molecule has 92 valence electrons. The number of carbonyl (C=O) groups excluding carboxylic acids is 2. The molecule has 1 aromatic rings. The summed E-state index contributed by atoms with van der Waals surface area (Å²) in [5, 5.41) is 4.95. The van der Waals surface area contributed by atoms with Crippen molar-refractivity contribution in [3.63, 3.8) is 0 Å². The molecule has 0 unspecified atom stereocenters. The molecule has 1 fully saturated rings. The Hall–Kier alpha value is -1.16. The Labute approximate surface area is 105 Å². The van der Waals surface area contributed by atoms with Crippen molar-refractivity contribution in [1.29, 1.82) is 0 Å². The van der Waals surface area contributed by atoms with Crippen LogP contribution in [0.2, 0.25) is 0 Å². The lowest BCUT2D eigenvalue weighted by molar-refractivity contribution is -0.121. The third-order valence-corrected chi connectivity index (χ3v) is 4.25. The monoisotopic (exact) mass is 251 g/mol. The third-order valence-electron chi connectivity index (χ3n) is 3.38. The molecular formula is C13H17NO2S. The first-order valence-corrected chi connectivity index (χ1v) is 6.89. The van der Waals surface area contributed by atoms with Gasteiger partial charge in [0.2, 0.25) is 0 Å². The van der Waals surface area contributed by atoms with Crippen molar-refractivity contribution in [1.82, 2.24) is 5.32 Å². The zero-order valence-corrected chi connectivity index (χ0v) is 10.8. The summed E-state index contributed by atoms with van der Waals surface area (Å²) in [5.41, 5.74) is 0. The molecule has 1 aliphatic rings. The number of Topliss-reactive ketones (excluding diaryl/α,β-unsaturated/α-hetero) is 1. The molecule has 1 N–H and O–H groups in total. The molecular weight excluding hydrogens is 234 g/mol. The molecule has 1 saturated carbocycles. The predicted octanol–water partition coefficient (Wildman–Crippen LogP) is 2.63. The number of carbonyl (C=O) groups is 2. The number of hydrogen-bond donors (Lipinski definition) is 1. The van der Waals surface area contributed by atoms with Crippen LogP contribution in [0.15, 0.2) is 17.5 Å². The van der Waals surface area contributed by atoms with Crippen molar-refractivity contribution < 1.29 is 9.59 Å². The van der Waals surface area contributed by atoms with Crippen molar-refractivity contribution in [2.45, 2.75) is 38.6 Å². The first-order valence-electron chi connectivity index (χ1n) is 6.01. The molecule has 0 atom stereocenters. The van der Waals surface area contributed by atoms with Crippen LogP contribution in [-0.2, 0) is 4.79 Å². The molecule has 17 heavy (non-hydrogen) atoms. The van der Waals surface area contributed by atoms with Crippen LogP contribution in [0.5, 0.6) is 0 Å². The maximum absolute atomic E-state index is 11.8. The highest BCUT2D eigenvalue weighted by molar-refractivity contribution is 7.12. The average molecular weight is 251 g/mol. The quantitative estimate of drug-likeness (QED) is 0.897.